The molecule has 0 fully saturated rings. The molecule has 1 atom stereocenters. The zero-order valence-corrected chi connectivity index (χ0v) is 19.5. The number of nitrogens with zero attached hydrogens (tertiary/aromatic N) is 2. The van der Waals surface area contributed by atoms with E-state index in [9.17, 15) is 13.2 Å². The first-order valence-corrected chi connectivity index (χ1v) is 12.2. The summed E-state index contributed by atoms with van der Waals surface area (Å²) in [6, 6.07) is 15.2. The molecule has 0 aliphatic carbocycles. The molecule has 0 saturated carbocycles. The molecule has 174 valence electrons. The second kappa shape index (κ2) is 10.1. The zero-order chi connectivity index (χ0) is 24.1. The van der Waals surface area contributed by atoms with Gasteiger partial charge in [-0.1, -0.05) is 44.2 Å². The molecule has 1 unspecified atom stereocenters. The van der Waals surface area contributed by atoms with Crippen LogP contribution >= 0.6 is 0 Å². The van der Waals surface area contributed by atoms with E-state index in [2.05, 4.69) is 29.1 Å². The number of aryl methyl sites for hydroxylation is 2. The number of benzene rings is 1. The van der Waals surface area contributed by atoms with Crippen molar-refractivity contribution in [3.05, 3.63) is 83.2 Å². The van der Waals surface area contributed by atoms with Gasteiger partial charge in [0.15, 0.2) is 9.90 Å². The molecule has 4 N–H and O–H groups in total. The number of nitrogens with one attached hydrogen (secondary N) is 1. The maximum atomic E-state index is 13.8. The average Bonchev–Trinajstić information content (AvgIpc) is 2.83. The number of hydrogen-bond donors (Lipinski definition) is 3. The van der Waals surface area contributed by atoms with Crippen LogP contribution < -0.4 is 11.1 Å². The van der Waals surface area contributed by atoms with Crippen LogP contribution in [0.25, 0.3) is 0 Å². The summed E-state index contributed by atoms with van der Waals surface area (Å²) in [7, 11) is -4.18. The molecule has 0 amide bonds. The minimum Gasteiger partial charge on any atom is -0.480 e. The minimum atomic E-state index is -4.18. The van der Waals surface area contributed by atoms with Gasteiger partial charge in [-0.15, -0.1) is 0 Å². The van der Waals surface area contributed by atoms with E-state index in [1.54, 1.807) is 24.3 Å². The standard InChI is InChI=1S/C24H28N4O4S/c1-3-18-12-11-17(14-19(18)4-2)15-24(25,33(31,32)22-10-5-6-13-26-22)20-8-7-9-21(28-20)27-16-23(29)30/h5-14H,3-4,15-16,25H2,1-2H3,(H,27,28)(H,29,30). The van der Waals surface area contributed by atoms with Crippen LogP contribution in [0.1, 0.15) is 36.2 Å². The fraction of sp³-hybridized carbons (Fsp3) is 0.292. The molecule has 33 heavy (non-hydrogen) atoms. The number of carboxylic acid groups (broad SMARTS) is 1. The summed E-state index contributed by atoms with van der Waals surface area (Å²) in [4.78, 5) is 17.4. The summed E-state index contributed by atoms with van der Waals surface area (Å²) < 4.78 is 27.5. The van der Waals surface area contributed by atoms with Crippen molar-refractivity contribution in [3.63, 3.8) is 0 Å². The van der Waals surface area contributed by atoms with Crippen molar-refractivity contribution in [2.45, 2.75) is 43.0 Å². The molecular formula is C24H28N4O4S. The van der Waals surface area contributed by atoms with Gasteiger partial charge in [0.1, 0.15) is 12.4 Å². The van der Waals surface area contributed by atoms with Crippen molar-refractivity contribution in [1.29, 1.82) is 0 Å². The van der Waals surface area contributed by atoms with Crippen molar-refractivity contribution in [2.75, 3.05) is 11.9 Å². The quantitative estimate of drug-likeness (QED) is 0.413. The Hall–Kier alpha value is -3.30. The van der Waals surface area contributed by atoms with Gasteiger partial charge in [-0.05, 0) is 53.8 Å². The van der Waals surface area contributed by atoms with Gasteiger partial charge in [-0.2, -0.15) is 0 Å². The molecule has 1 aromatic carbocycles. The van der Waals surface area contributed by atoms with E-state index in [0.717, 1.165) is 24.0 Å². The Kier molecular flexibility index (Phi) is 7.45. The first-order chi connectivity index (χ1) is 15.7. The van der Waals surface area contributed by atoms with E-state index >= 15 is 0 Å². The Morgan fingerprint density at radius 3 is 2.45 bits per heavy atom. The van der Waals surface area contributed by atoms with Crippen LogP contribution in [0.2, 0.25) is 0 Å². The molecule has 0 aliphatic heterocycles. The number of rotatable bonds is 10. The Morgan fingerprint density at radius 2 is 1.82 bits per heavy atom. The number of nitrogens with two attached hydrogens (primary N) is 1. The molecule has 3 aromatic rings. The van der Waals surface area contributed by atoms with Crippen LogP contribution in [0.4, 0.5) is 5.82 Å². The number of carbonyl (C=O) groups is 1. The third-order valence-electron chi connectivity index (χ3n) is 5.50. The Balaban J connectivity index is 2.14. The molecule has 0 spiro atoms. The topological polar surface area (TPSA) is 135 Å². The van der Waals surface area contributed by atoms with E-state index in [0.29, 0.717) is 0 Å². The number of anilines is 1. The van der Waals surface area contributed by atoms with E-state index in [1.165, 1.54) is 23.9 Å². The highest BCUT2D eigenvalue weighted by molar-refractivity contribution is 7.92. The summed E-state index contributed by atoms with van der Waals surface area (Å²) in [5.41, 5.74) is 9.91. The highest BCUT2D eigenvalue weighted by Gasteiger charge is 2.45. The van der Waals surface area contributed by atoms with Crippen molar-refractivity contribution in [3.8, 4) is 0 Å². The third-order valence-corrected chi connectivity index (χ3v) is 7.60. The lowest BCUT2D eigenvalue weighted by molar-refractivity contribution is -0.134. The smallest absolute Gasteiger partial charge is 0.322 e. The van der Waals surface area contributed by atoms with E-state index in [-0.39, 0.29) is 29.5 Å². The Labute approximate surface area is 193 Å². The average molecular weight is 469 g/mol. The van der Waals surface area contributed by atoms with Crippen LogP contribution in [0, 0.1) is 0 Å². The molecule has 2 aromatic heterocycles. The highest BCUT2D eigenvalue weighted by atomic mass is 32.2. The summed E-state index contributed by atoms with van der Waals surface area (Å²) in [6.07, 6.45) is 3.06. The Morgan fingerprint density at radius 1 is 1.06 bits per heavy atom. The summed E-state index contributed by atoms with van der Waals surface area (Å²) >= 11 is 0. The second-order valence-electron chi connectivity index (χ2n) is 7.70. The highest BCUT2D eigenvalue weighted by Crippen LogP contribution is 2.33. The molecular weight excluding hydrogens is 440 g/mol. The van der Waals surface area contributed by atoms with Crippen LogP contribution in [0.15, 0.2) is 65.8 Å². The molecule has 0 radical (unpaired) electrons. The first kappa shape index (κ1) is 24.3. The van der Waals surface area contributed by atoms with Gasteiger partial charge in [0.25, 0.3) is 0 Å². The van der Waals surface area contributed by atoms with Crippen LogP contribution in [0.5, 0.6) is 0 Å². The normalized spacial score (nSPS) is 13.3. The van der Waals surface area contributed by atoms with Gasteiger partial charge in [0.2, 0.25) is 9.84 Å². The predicted octanol–water partition coefficient (Wildman–Crippen LogP) is 2.93. The second-order valence-corrected chi connectivity index (χ2v) is 9.86. The maximum Gasteiger partial charge on any atom is 0.322 e. The zero-order valence-electron chi connectivity index (χ0n) is 18.7. The van der Waals surface area contributed by atoms with E-state index < -0.39 is 20.7 Å². The lowest BCUT2D eigenvalue weighted by atomic mass is 9.96. The lowest BCUT2D eigenvalue weighted by Crippen LogP contribution is -2.47. The number of hydrogen-bond acceptors (Lipinski definition) is 7. The summed E-state index contributed by atoms with van der Waals surface area (Å²) in [5.74, 6) is -0.845. The minimum absolute atomic E-state index is 0.0295. The maximum absolute atomic E-state index is 13.8. The fourth-order valence-corrected chi connectivity index (χ4v) is 5.29. The van der Waals surface area contributed by atoms with Crippen molar-refractivity contribution in [1.82, 2.24) is 9.97 Å². The first-order valence-electron chi connectivity index (χ1n) is 10.7. The monoisotopic (exact) mass is 468 g/mol. The number of sulfone groups is 1. The van der Waals surface area contributed by atoms with Crippen molar-refractivity contribution >= 4 is 21.6 Å². The molecule has 3 rings (SSSR count). The van der Waals surface area contributed by atoms with Crippen molar-refractivity contribution in [2.24, 2.45) is 5.73 Å². The van der Waals surface area contributed by atoms with Crippen LogP contribution in [-0.2, 0) is 38.8 Å². The number of carboxylic acids is 1. The van der Waals surface area contributed by atoms with Gasteiger partial charge in [-0.3, -0.25) is 4.79 Å². The number of pyridine rings is 2. The van der Waals surface area contributed by atoms with Crippen LogP contribution in [-0.4, -0.2) is 36.0 Å². The molecule has 0 saturated heterocycles. The molecule has 9 heteroatoms. The summed E-state index contributed by atoms with van der Waals surface area (Å²) in [6.45, 7) is 3.77. The number of aromatic nitrogens is 2. The third kappa shape index (κ3) is 5.20. The predicted molar refractivity (Wildman–Crippen MR) is 127 cm³/mol. The lowest BCUT2D eigenvalue weighted by Gasteiger charge is -2.29. The fourth-order valence-electron chi connectivity index (χ4n) is 3.72. The van der Waals surface area contributed by atoms with Gasteiger partial charge in [0, 0.05) is 12.6 Å². The van der Waals surface area contributed by atoms with E-state index in [1.807, 2.05) is 18.2 Å². The van der Waals surface area contributed by atoms with Gasteiger partial charge >= 0.3 is 5.97 Å². The molecule has 0 bridgehead atoms. The molecule has 8 nitrogen and oxygen atoms in total. The van der Waals surface area contributed by atoms with Gasteiger partial charge in [-0.25, -0.2) is 18.4 Å². The summed E-state index contributed by atoms with van der Waals surface area (Å²) in [5, 5.41) is 11.5. The molecule has 2 heterocycles. The number of aliphatic carboxylic acids is 1. The van der Waals surface area contributed by atoms with E-state index in [4.69, 9.17) is 10.8 Å². The Bertz CT molecular complexity index is 1230. The van der Waals surface area contributed by atoms with Crippen LogP contribution in [0.3, 0.4) is 0 Å². The largest absolute Gasteiger partial charge is 0.480 e. The van der Waals surface area contributed by atoms with Crippen molar-refractivity contribution < 1.29 is 18.3 Å². The van der Waals surface area contributed by atoms with Gasteiger partial charge in [0.05, 0.1) is 5.69 Å². The van der Waals surface area contributed by atoms with Gasteiger partial charge < -0.3 is 16.2 Å². The SMILES string of the molecule is CCc1ccc(CC(N)(c2cccc(NCC(=O)O)n2)S(=O)(=O)c2ccccn2)cc1CC. The molecule has 0 aliphatic rings.